The zero-order valence-electron chi connectivity index (χ0n) is 18.5. The Morgan fingerprint density at radius 3 is 2.45 bits per heavy atom. The van der Waals surface area contributed by atoms with Crippen LogP contribution in [0.4, 0.5) is 23.1 Å². The van der Waals surface area contributed by atoms with E-state index >= 15 is 0 Å². The fourth-order valence-corrected chi connectivity index (χ4v) is 3.86. The monoisotopic (exact) mass is 451 g/mol. The lowest BCUT2D eigenvalue weighted by atomic mass is 10.2. The summed E-state index contributed by atoms with van der Waals surface area (Å²) in [7, 11) is 3.11. The minimum atomic E-state index is -0.439. The number of nitrogens with zero attached hydrogens (tertiary/aromatic N) is 6. The number of para-hydroxylation sites is 1. The number of piperazine rings is 1. The van der Waals surface area contributed by atoms with E-state index in [1.807, 2.05) is 35.2 Å². The Bertz CT molecular complexity index is 1110. The summed E-state index contributed by atoms with van der Waals surface area (Å²) in [6.07, 6.45) is 3.10. The van der Waals surface area contributed by atoms with Crippen LogP contribution in [0.3, 0.4) is 0 Å². The van der Waals surface area contributed by atoms with Crippen molar-refractivity contribution < 1.29 is 14.4 Å². The molecule has 0 aliphatic carbocycles. The Hall–Kier alpha value is -4.15. The number of rotatable bonds is 8. The summed E-state index contributed by atoms with van der Waals surface area (Å²) in [4.78, 5) is 28.4. The molecule has 172 valence electrons. The number of aromatic nitrogens is 3. The van der Waals surface area contributed by atoms with Gasteiger partial charge in [0.25, 0.3) is 0 Å². The third-order valence-electron chi connectivity index (χ3n) is 5.47. The molecule has 1 fully saturated rings. The maximum atomic E-state index is 12.0. The molecule has 0 spiro atoms. The molecule has 0 radical (unpaired) electrons. The number of methoxy groups -OCH3 is 2. The summed E-state index contributed by atoms with van der Waals surface area (Å²) in [5.74, 6) is 2.50. The SMILES string of the molecule is COc1cccc(CNc2ncnc(N3CCN(c4ccccn4)CC3)c2[N+](=O)[O-])c1OC. The molecule has 1 aliphatic heterocycles. The number of pyridine rings is 1. The quantitative estimate of drug-likeness (QED) is 0.404. The fourth-order valence-electron chi connectivity index (χ4n) is 3.86. The van der Waals surface area contributed by atoms with Crippen LogP contribution in [-0.2, 0) is 6.54 Å². The minimum Gasteiger partial charge on any atom is -0.493 e. The van der Waals surface area contributed by atoms with Gasteiger partial charge in [-0.2, -0.15) is 0 Å². The molecule has 0 bridgehead atoms. The Morgan fingerprint density at radius 1 is 1.00 bits per heavy atom. The van der Waals surface area contributed by atoms with Crippen molar-refractivity contribution in [3.05, 3.63) is 64.6 Å². The van der Waals surface area contributed by atoms with Crippen molar-refractivity contribution in [1.82, 2.24) is 15.0 Å². The minimum absolute atomic E-state index is 0.148. The fraction of sp³-hybridized carbons (Fsp3) is 0.318. The topological polar surface area (TPSA) is 119 Å². The van der Waals surface area contributed by atoms with E-state index in [0.29, 0.717) is 43.5 Å². The lowest BCUT2D eigenvalue weighted by molar-refractivity contribution is -0.383. The molecular formula is C22H25N7O4. The predicted molar refractivity (Wildman–Crippen MR) is 124 cm³/mol. The van der Waals surface area contributed by atoms with Crippen molar-refractivity contribution in [2.24, 2.45) is 0 Å². The van der Waals surface area contributed by atoms with E-state index in [1.54, 1.807) is 26.5 Å². The molecule has 3 heterocycles. The Labute approximate surface area is 191 Å². The highest BCUT2D eigenvalue weighted by atomic mass is 16.6. The Balaban J connectivity index is 1.53. The first-order valence-corrected chi connectivity index (χ1v) is 10.5. The molecule has 2 aromatic heterocycles. The maximum Gasteiger partial charge on any atom is 0.353 e. The van der Waals surface area contributed by atoms with Crippen LogP contribution in [0.2, 0.25) is 0 Å². The number of hydrogen-bond acceptors (Lipinski definition) is 10. The lowest BCUT2D eigenvalue weighted by Gasteiger charge is -2.35. The molecule has 11 nitrogen and oxygen atoms in total. The summed E-state index contributed by atoms with van der Waals surface area (Å²) in [6.45, 7) is 2.80. The van der Waals surface area contributed by atoms with Crippen LogP contribution in [0.1, 0.15) is 5.56 Å². The summed E-state index contributed by atoms with van der Waals surface area (Å²) in [5.41, 5.74) is 0.640. The highest BCUT2D eigenvalue weighted by Crippen LogP contribution is 2.35. The summed E-state index contributed by atoms with van der Waals surface area (Å²) in [5, 5.41) is 15.1. The molecule has 0 atom stereocenters. The van der Waals surface area contributed by atoms with E-state index in [4.69, 9.17) is 9.47 Å². The van der Waals surface area contributed by atoms with Gasteiger partial charge in [0.2, 0.25) is 11.6 Å². The second-order valence-electron chi connectivity index (χ2n) is 7.32. The average molecular weight is 451 g/mol. The van der Waals surface area contributed by atoms with Gasteiger partial charge >= 0.3 is 5.69 Å². The van der Waals surface area contributed by atoms with E-state index in [2.05, 4.69) is 25.2 Å². The first-order chi connectivity index (χ1) is 16.1. The van der Waals surface area contributed by atoms with Gasteiger partial charge in [-0.1, -0.05) is 18.2 Å². The third kappa shape index (κ3) is 4.71. The molecule has 0 saturated carbocycles. The Morgan fingerprint density at radius 2 is 1.79 bits per heavy atom. The normalized spacial score (nSPS) is 13.5. The second-order valence-corrected chi connectivity index (χ2v) is 7.32. The number of nitrogens with one attached hydrogen (secondary N) is 1. The van der Waals surface area contributed by atoms with Crippen molar-refractivity contribution in [2.45, 2.75) is 6.54 Å². The molecule has 0 amide bonds. The van der Waals surface area contributed by atoms with Crippen LogP contribution in [0.15, 0.2) is 48.9 Å². The van der Waals surface area contributed by atoms with Crippen LogP contribution in [-0.4, -0.2) is 60.3 Å². The zero-order chi connectivity index (χ0) is 23.2. The molecular weight excluding hydrogens is 426 g/mol. The number of hydrogen-bond donors (Lipinski definition) is 1. The molecule has 1 aromatic carbocycles. The van der Waals surface area contributed by atoms with Crippen molar-refractivity contribution in [3.63, 3.8) is 0 Å². The van der Waals surface area contributed by atoms with Crippen molar-refractivity contribution in [1.29, 1.82) is 0 Å². The highest BCUT2D eigenvalue weighted by Gasteiger charge is 2.29. The first kappa shape index (κ1) is 22.1. The molecule has 11 heteroatoms. The van der Waals surface area contributed by atoms with Gasteiger partial charge in [-0.05, 0) is 18.2 Å². The predicted octanol–water partition coefficient (Wildman–Crippen LogP) is 2.74. The van der Waals surface area contributed by atoms with Gasteiger partial charge in [-0.3, -0.25) is 10.1 Å². The van der Waals surface area contributed by atoms with Gasteiger partial charge in [0.05, 0.1) is 19.1 Å². The van der Waals surface area contributed by atoms with Crippen molar-refractivity contribution in [3.8, 4) is 11.5 Å². The molecule has 3 aromatic rings. The summed E-state index contributed by atoms with van der Waals surface area (Å²) in [6, 6.07) is 11.3. The van der Waals surface area contributed by atoms with Crippen molar-refractivity contribution in [2.75, 3.05) is 55.5 Å². The molecule has 0 unspecified atom stereocenters. The van der Waals surface area contributed by atoms with Crippen molar-refractivity contribution >= 4 is 23.1 Å². The van der Waals surface area contributed by atoms with E-state index in [0.717, 1.165) is 11.4 Å². The van der Waals surface area contributed by atoms with Crippen LogP contribution >= 0.6 is 0 Å². The van der Waals surface area contributed by atoms with Crippen LogP contribution in [0, 0.1) is 10.1 Å². The Kier molecular flexibility index (Phi) is 6.67. The van der Waals surface area contributed by atoms with Gasteiger partial charge in [-0.25, -0.2) is 15.0 Å². The summed E-state index contributed by atoms with van der Waals surface area (Å²) >= 11 is 0. The zero-order valence-corrected chi connectivity index (χ0v) is 18.5. The maximum absolute atomic E-state index is 12.0. The third-order valence-corrected chi connectivity index (χ3v) is 5.47. The standard InChI is InChI=1S/C22H25N7O4/c1-32-17-7-5-6-16(20(17)33-2)14-24-21-19(29(30)31)22(26-15-25-21)28-12-10-27(11-13-28)18-8-3-4-9-23-18/h3-9,15H,10-14H2,1-2H3,(H,24,25,26). The van der Waals surface area contributed by atoms with Gasteiger partial charge in [0.1, 0.15) is 12.1 Å². The van der Waals surface area contributed by atoms with Crippen LogP contribution < -0.4 is 24.6 Å². The van der Waals surface area contributed by atoms with Crippen LogP contribution in [0.25, 0.3) is 0 Å². The van der Waals surface area contributed by atoms with Gasteiger partial charge in [0.15, 0.2) is 11.5 Å². The van der Waals surface area contributed by atoms with E-state index in [1.165, 1.54) is 6.33 Å². The average Bonchev–Trinajstić information content (AvgIpc) is 2.87. The number of nitro groups is 1. The summed E-state index contributed by atoms with van der Waals surface area (Å²) < 4.78 is 10.8. The largest absolute Gasteiger partial charge is 0.493 e. The van der Waals surface area contributed by atoms with Gasteiger partial charge in [-0.15, -0.1) is 0 Å². The smallest absolute Gasteiger partial charge is 0.353 e. The first-order valence-electron chi connectivity index (χ1n) is 10.5. The van der Waals surface area contributed by atoms with Crippen LogP contribution in [0.5, 0.6) is 11.5 Å². The van der Waals surface area contributed by atoms with E-state index in [9.17, 15) is 10.1 Å². The molecule has 4 rings (SSSR count). The number of benzene rings is 1. The van der Waals surface area contributed by atoms with Gasteiger partial charge in [0, 0.05) is 44.5 Å². The number of anilines is 3. The highest BCUT2D eigenvalue weighted by molar-refractivity contribution is 5.71. The van der Waals surface area contributed by atoms with E-state index < -0.39 is 4.92 Å². The second kappa shape index (κ2) is 9.98. The lowest BCUT2D eigenvalue weighted by Crippen LogP contribution is -2.47. The molecule has 33 heavy (non-hydrogen) atoms. The number of ether oxygens (including phenoxy) is 2. The molecule has 1 saturated heterocycles. The van der Waals surface area contributed by atoms with E-state index in [-0.39, 0.29) is 18.1 Å². The molecule has 1 aliphatic rings. The molecule has 1 N–H and O–H groups in total. The van der Waals surface area contributed by atoms with Gasteiger partial charge < -0.3 is 24.6 Å².